The molecule has 0 aliphatic rings. The number of ether oxygens (including phenoxy) is 1. The van der Waals surface area contributed by atoms with E-state index in [0.29, 0.717) is 24.0 Å². The number of hydrogen-bond acceptors (Lipinski definition) is 4. The van der Waals surface area contributed by atoms with E-state index in [2.05, 4.69) is 5.16 Å². The number of rotatable bonds is 6. The van der Waals surface area contributed by atoms with Crippen molar-refractivity contribution in [3.8, 4) is 0 Å². The number of oxime groups is 1. The molecule has 1 aromatic carbocycles. The van der Waals surface area contributed by atoms with E-state index in [9.17, 15) is 9.18 Å². The zero-order valence-corrected chi connectivity index (χ0v) is 15.0. The Kier molecular flexibility index (Phi) is 6.75. The van der Waals surface area contributed by atoms with E-state index in [1.807, 2.05) is 34.6 Å². The van der Waals surface area contributed by atoms with Crippen LogP contribution in [-0.4, -0.2) is 22.6 Å². The lowest BCUT2D eigenvalue weighted by Gasteiger charge is -2.26. The van der Waals surface area contributed by atoms with Crippen LogP contribution < -0.4 is 5.73 Å². The lowest BCUT2D eigenvalue weighted by atomic mass is 9.89. The van der Waals surface area contributed by atoms with Crippen molar-refractivity contribution in [1.82, 2.24) is 0 Å². The molecule has 1 unspecified atom stereocenters. The van der Waals surface area contributed by atoms with Crippen LogP contribution in [0.3, 0.4) is 0 Å². The van der Waals surface area contributed by atoms with Gasteiger partial charge in [0.1, 0.15) is 11.4 Å². The number of aryl methyl sites for hydroxylation is 1. The summed E-state index contributed by atoms with van der Waals surface area (Å²) in [4.78, 5) is 12.3. The van der Waals surface area contributed by atoms with Gasteiger partial charge >= 0.3 is 5.97 Å². The minimum Gasteiger partial charge on any atom is -0.460 e. The average Bonchev–Trinajstić information content (AvgIpc) is 2.45. The molecule has 6 heteroatoms. The Labute approximate surface area is 142 Å². The number of esters is 1. The van der Waals surface area contributed by atoms with E-state index in [1.165, 1.54) is 6.07 Å². The predicted molar refractivity (Wildman–Crippen MR) is 91.4 cm³/mol. The van der Waals surface area contributed by atoms with Crippen molar-refractivity contribution in [3.63, 3.8) is 0 Å². The summed E-state index contributed by atoms with van der Waals surface area (Å²) >= 11 is 0. The second-order valence-electron chi connectivity index (χ2n) is 7.21. The van der Waals surface area contributed by atoms with Gasteiger partial charge in [0, 0.05) is 5.56 Å². The quantitative estimate of drug-likeness (QED) is 0.273. The zero-order chi connectivity index (χ0) is 18.5. The number of benzene rings is 1. The van der Waals surface area contributed by atoms with Crippen LogP contribution in [-0.2, 0) is 16.0 Å². The van der Waals surface area contributed by atoms with Crippen molar-refractivity contribution in [2.24, 2.45) is 22.7 Å². The molecule has 0 fully saturated rings. The molecule has 24 heavy (non-hydrogen) atoms. The highest BCUT2D eigenvalue weighted by Gasteiger charge is 2.27. The summed E-state index contributed by atoms with van der Waals surface area (Å²) in [5.41, 5.74) is 5.70. The molecule has 0 bridgehead atoms. The molecule has 0 saturated carbocycles. The minimum absolute atomic E-state index is 0.0966. The molecule has 0 saturated heterocycles. The Hall–Kier alpha value is -2.11. The highest BCUT2D eigenvalue weighted by molar-refractivity contribution is 5.97. The summed E-state index contributed by atoms with van der Waals surface area (Å²) in [6, 6.07) is 4.41. The largest absolute Gasteiger partial charge is 0.460 e. The summed E-state index contributed by atoms with van der Waals surface area (Å²) in [6.45, 7) is 9.38. The van der Waals surface area contributed by atoms with Crippen LogP contribution in [0.15, 0.2) is 23.4 Å². The monoisotopic (exact) mass is 338 g/mol. The zero-order valence-electron chi connectivity index (χ0n) is 15.0. The fourth-order valence-corrected chi connectivity index (χ4v) is 2.38. The van der Waals surface area contributed by atoms with Crippen LogP contribution >= 0.6 is 0 Å². The van der Waals surface area contributed by atoms with Gasteiger partial charge in [-0.15, -0.1) is 0 Å². The Balaban J connectivity index is 2.83. The molecule has 134 valence electrons. The fraction of sp³-hybridized carbons (Fsp3) is 0.556. The predicted octanol–water partition coefficient (Wildman–Crippen LogP) is 3.47. The number of nitrogens with two attached hydrogens (primary N) is 1. The summed E-state index contributed by atoms with van der Waals surface area (Å²) < 4.78 is 19.6. The Bertz CT molecular complexity index is 607. The fourth-order valence-electron chi connectivity index (χ4n) is 2.38. The van der Waals surface area contributed by atoms with Gasteiger partial charge in [0.25, 0.3) is 0 Å². The third-order valence-corrected chi connectivity index (χ3v) is 3.70. The molecule has 1 aromatic rings. The van der Waals surface area contributed by atoms with E-state index < -0.39 is 11.4 Å². The third-order valence-electron chi connectivity index (χ3n) is 3.70. The number of amidine groups is 1. The number of halogens is 1. The molecule has 5 nitrogen and oxygen atoms in total. The SMILES string of the molecule is CC(C)C(CCc1ccc(/C(N)=N/O)cc1F)C(=O)OC(C)(C)C. The molecular formula is C18H27FN2O3. The summed E-state index contributed by atoms with van der Waals surface area (Å²) in [5, 5.41) is 11.5. The molecule has 0 aromatic heterocycles. The van der Waals surface area contributed by atoms with Gasteiger partial charge in [-0.3, -0.25) is 4.79 Å². The average molecular weight is 338 g/mol. The van der Waals surface area contributed by atoms with Crippen LogP contribution in [0.5, 0.6) is 0 Å². The Morgan fingerprint density at radius 2 is 2.00 bits per heavy atom. The maximum absolute atomic E-state index is 14.2. The second kappa shape index (κ2) is 8.13. The van der Waals surface area contributed by atoms with Crippen LogP contribution in [0.2, 0.25) is 0 Å². The first-order valence-electron chi connectivity index (χ1n) is 8.04. The molecule has 0 aliphatic heterocycles. The van der Waals surface area contributed by atoms with Crippen molar-refractivity contribution >= 4 is 11.8 Å². The molecule has 3 N–H and O–H groups in total. The van der Waals surface area contributed by atoms with E-state index >= 15 is 0 Å². The third kappa shape index (κ3) is 5.83. The van der Waals surface area contributed by atoms with Gasteiger partial charge in [0.2, 0.25) is 0 Å². The molecule has 1 atom stereocenters. The first-order valence-corrected chi connectivity index (χ1v) is 8.04. The van der Waals surface area contributed by atoms with Gasteiger partial charge in [-0.25, -0.2) is 4.39 Å². The van der Waals surface area contributed by atoms with Gasteiger partial charge in [-0.1, -0.05) is 31.1 Å². The van der Waals surface area contributed by atoms with Crippen molar-refractivity contribution in [2.45, 2.75) is 53.1 Å². The lowest BCUT2D eigenvalue weighted by molar-refractivity contribution is -0.161. The summed E-state index contributed by atoms with van der Waals surface area (Å²) in [7, 11) is 0. The van der Waals surface area contributed by atoms with E-state index in [1.54, 1.807) is 12.1 Å². The smallest absolute Gasteiger partial charge is 0.309 e. The summed E-state index contributed by atoms with van der Waals surface area (Å²) in [5.74, 6) is -1.04. The number of carbonyl (C=O) groups excluding carboxylic acids is 1. The molecular weight excluding hydrogens is 311 g/mol. The second-order valence-corrected chi connectivity index (χ2v) is 7.21. The van der Waals surface area contributed by atoms with Crippen molar-refractivity contribution in [3.05, 3.63) is 35.1 Å². The number of nitrogens with zero attached hydrogens (tertiary/aromatic N) is 1. The number of carbonyl (C=O) groups is 1. The van der Waals surface area contributed by atoms with E-state index in [-0.39, 0.29) is 23.6 Å². The van der Waals surface area contributed by atoms with Crippen molar-refractivity contribution < 1.29 is 19.1 Å². The van der Waals surface area contributed by atoms with Crippen molar-refractivity contribution in [1.29, 1.82) is 0 Å². The van der Waals surface area contributed by atoms with Gasteiger partial charge in [0.15, 0.2) is 5.84 Å². The molecule has 0 aliphatic carbocycles. The van der Waals surface area contributed by atoms with Crippen LogP contribution in [0, 0.1) is 17.7 Å². The molecule has 0 spiro atoms. The van der Waals surface area contributed by atoms with E-state index in [0.717, 1.165) is 0 Å². The van der Waals surface area contributed by atoms with Crippen LogP contribution in [0.25, 0.3) is 0 Å². The van der Waals surface area contributed by atoms with Gasteiger partial charge < -0.3 is 15.7 Å². The van der Waals surface area contributed by atoms with Gasteiger partial charge in [-0.2, -0.15) is 0 Å². The maximum Gasteiger partial charge on any atom is 0.309 e. The summed E-state index contributed by atoms with van der Waals surface area (Å²) in [6.07, 6.45) is 0.900. The molecule has 0 amide bonds. The highest BCUT2D eigenvalue weighted by atomic mass is 19.1. The number of hydrogen-bond donors (Lipinski definition) is 2. The van der Waals surface area contributed by atoms with Crippen LogP contribution in [0.4, 0.5) is 4.39 Å². The lowest BCUT2D eigenvalue weighted by Crippen LogP contribution is -2.31. The Morgan fingerprint density at radius 3 is 2.46 bits per heavy atom. The highest BCUT2D eigenvalue weighted by Crippen LogP contribution is 2.23. The molecule has 1 rings (SSSR count). The molecule has 0 radical (unpaired) electrons. The minimum atomic E-state index is -0.543. The first-order chi connectivity index (χ1) is 11.0. The topological polar surface area (TPSA) is 84.9 Å². The maximum atomic E-state index is 14.2. The first kappa shape index (κ1) is 19.9. The Morgan fingerprint density at radius 1 is 1.38 bits per heavy atom. The van der Waals surface area contributed by atoms with Crippen LogP contribution in [0.1, 0.15) is 52.2 Å². The normalized spacial score (nSPS) is 13.9. The van der Waals surface area contributed by atoms with Gasteiger partial charge in [0.05, 0.1) is 5.92 Å². The standard InChI is InChI=1S/C18H27FN2O3/c1-11(2)14(17(22)24-18(3,4)5)9-8-12-6-7-13(10-15(12)19)16(20)21-23/h6-7,10-11,14,23H,8-9H2,1-5H3,(H2,20,21). The van der Waals surface area contributed by atoms with E-state index in [4.69, 9.17) is 15.7 Å². The van der Waals surface area contributed by atoms with Crippen molar-refractivity contribution in [2.75, 3.05) is 0 Å². The molecule has 0 heterocycles. The van der Waals surface area contributed by atoms with Gasteiger partial charge in [-0.05, 0) is 51.2 Å².